The van der Waals surface area contributed by atoms with E-state index in [1.165, 1.54) is 12.8 Å². The number of piperidine rings is 2. The van der Waals surface area contributed by atoms with Crippen LogP contribution >= 0.6 is 11.6 Å². The largest absolute Gasteiger partial charge is 0.356 e. The van der Waals surface area contributed by atoms with Crippen molar-refractivity contribution in [2.24, 2.45) is 35.5 Å². The van der Waals surface area contributed by atoms with E-state index in [2.05, 4.69) is 33.7 Å². The molecule has 0 aromatic carbocycles. The summed E-state index contributed by atoms with van der Waals surface area (Å²) in [7, 11) is 0. The molecule has 3 aliphatic heterocycles. The van der Waals surface area contributed by atoms with Gasteiger partial charge in [-0.2, -0.15) is 5.12 Å². The van der Waals surface area contributed by atoms with E-state index in [0.29, 0.717) is 23.7 Å². The van der Waals surface area contributed by atoms with Crippen LogP contribution in [-0.4, -0.2) is 60.7 Å². The quantitative estimate of drug-likeness (QED) is 0.389. The molecular weight excluding hydrogens is 440 g/mol. The summed E-state index contributed by atoms with van der Waals surface area (Å²) in [5.41, 5.74) is 6.57. The zero-order valence-electron chi connectivity index (χ0n) is 19.8. The van der Waals surface area contributed by atoms with E-state index in [-0.39, 0.29) is 41.2 Å². The van der Waals surface area contributed by atoms with Crippen LogP contribution in [0.1, 0.15) is 58.3 Å². The summed E-state index contributed by atoms with van der Waals surface area (Å²) in [6, 6.07) is 0.0757. The Bertz CT molecular complexity index is 719. The lowest BCUT2D eigenvalue weighted by atomic mass is 9.58. The highest BCUT2D eigenvalue weighted by molar-refractivity contribution is 6.21. The van der Waals surface area contributed by atoms with Crippen molar-refractivity contribution < 1.29 is 9.59 Å². The number of hydrogen-bond donors (Lipinski definition) is 5. The van der Waals surface area contributed by atoms with E-state index in [4.69, 9.17) is 11.6 Å². The van der Waals surface area contributed by atoms with Crippen LogP contribution in [0.15, 0.2) is 0 Å². The molecule has 2 saturated carbocycles. The highest BCUT2D eigenvalue weighted by Gasteiger charge is 2.45. The molecule has 186 valence electrons. The van der Waals surface area contributed by atoms with Crippen molar-refractivity contribution in [1.29, 1.82) is 0 Å². The number of fused-ring (bicyclic) bond motifs is 1. The second-order valence-electron chi connectivity index (χ2n) is 11.1. The Balaban J connectivity index is 1.12. The van der Waals surface area contributed by atoms with E-state index >= 15 is 0 Å². The molecule has 3 heterocycles. The zero-order valence-corrected chi connectivity index (χ0v) is 20.6. The fraction of sp³-hybridized carbons (Fsp3) is 0.917. The Hall–Kier alpha value is -0.930. The van der Waals surface area contributed by atoms with Crippen LogP contribution in [0, 0.1) is 35.5 Å². The summed E-state index contributed by atoms with van der Waals surface area (Å²) in [6.45, 7) is 5.71. The number of halogens is 1. The maximum absolute atomic E-state index is 13.1. The van der Waals surface area contributed by atoms with Gasteiger partial charge in [0.15, 0.2) is 0 Å². The van der Waals surface area contributed by atoms with Gasteiger partial charge in [-0.15, -0.1) is 11.6 Å². The Morgan fingerprint density at radius 1 is 1.00 bits per heavy atom. The number of amides is 2. The van der Waals surface area contributed by atoms with Crippen molar-refractivity contribution in [3.05, 3.63) is 0 Å². The molecule has 0 radical (unpaired) electrons. The smallest absolute Gasteiger partial charge is 0.223 e. The van der Waals surface area contributed by atoms with Crippen LogP contribution in [0.25, 0.3) is 0 Å². The first-order valence-corrected chi connectivity index (χ1v) is 13.7. The third kappa shape index (κ3) is 5.06. The van der Waals surface area contributed by atoms with Crippen molar-refractivity contribution >= 4 is 23.4 Å². The van der Waals surface area contributed by atoms with Gasteiger partial charge in [0.2, 0.25) is 11.8 Å². The molecule has 9 unspecified atom stereocenters. The molecule has 2 aliphatic carbocycles. The molecule has 33 heavy (non-hydrogen) atoms. The normalized spacial score (nSPS) is 44.7. The molecule has 0 aromatic rings. The van der Waals surface area contributed by atoms with E-state index in [9.17, 15) is 9.59 Å². The van der Waals surface area contributed by atoms with E-state index in [0.717, 1.165) is 64.7 Å². The summed E-state index contributed by atoms with van der Waals surface area (Å²) in [5, 5.41) is 11.7. The molecule has 5 fully saturated rings. The second kappa shape index (κ2) is 10.4. The fourth-order valence-electron chi connectivity index (χ4n) is 7.52. The number of rotatable bonds is 4. The van der Waals surface area contributed by atoms with Crippen LogP contribution in [-0.2, 0) is 9.59 Å². The topological polar surface area (TPSA) is 97.5 Å². The summed E-state index contributed by atoms with van der Waals surface area (Å²) in [4.78, 5) is 25.5. The average Bonchev–Trinajstić information content (AvgIpc) is 3.34. The number of nitrogens with zero attached hydrogens (tertiary/aromatic N) is 1. The first kappa shape index (κ1) is 23.8. The molecule has 9 heteroatoms. The maximum Gasteiger partial charge on any atom is 0.223 e. The van der Waals surface area contributed by atoms with Crippen molar-refractivity contribution in [2.75, 3.05) is 26.2 Å². The SMILES string of the molecule is CC1CC(C(=O)NC2CNC(N3NCCN3)C(Cl)C2)CCC1C1CCCC2C(=O)NCCC21. The Morgan fingerprint density at radius 2 is 1.82 bits per heavy atom. The van der Waals surface area contributed by atoms with Crippen LogP contribution in [0.4, 0.5) is 0 Å². The molecule has 5 rings (SSSR count). The molecule has 0 bridgehead atoms. The number of hydrogen-bond acceptors (Lipinski definition) is 6. The highest BCUT2D eigenvalue weighted by Crippen LogP contribution is 2.49. The number of carbonyl (C=O) groups is 2. The number of alkyl halides is 1. The summed E-state index contributed by atoms with van der Waals surface area (Å²) in [6.07, 6.45) is 8.46. The molecule has 8 nitrogen and oxygen atoms in total. The fourth-order valence-corrected chi connectivity index (χ4v) is 7.94. The molecule has 5 aliphatic rings. The van der Waals surface area contributed by atoms with Gasteiger partial charge in [-0.3, -0.25) is 14.9 Å². The molecule has 0 aromatic heterocycles. The van der Waals surface area contributed by atoms with Gasteiger partial charge in [0, 0.05) is 44.1 Å². The van der Waals surface area contributed by atoms with Gasteiger partial charge in [0.05, 0.1) is 5.38 Å². The van der Waals surface area contributed by atoms with Gasteiger partial charge in [-0.1, -0.05) is 13.3 Å². The zero-order chi connectivity index (χ0) is 22.9. The molecule has 5 N–H and O–H groups in total. The van der Waals surface area contributed by atoms with Gasteiger partial charge in [-0.05, 0) is 68.6 Å². The van der Waals surface area contributed by atoms with Crippen LogP contribution in [0.3, 0.4) is 0 Å². The molecular formula is C24H41ClN6O2. The third-order valence-corrected chi connectivity index (χ3v) is 9.55. The molecule has 3 saturated heterocycles. The minimum Gasteiger partial charge on any atom is -0.356 e. The highest BCUT2D eigenvalue weighted by atomic mass is 35.5. The van der Waals surface area contributed by atoms with Crippen molar-refractivity contribution in [3.8, 4) is 0 Å². The Labute approximate surface area is 202 Å². The summed E-state index contributed by atoms with van der Waals surface area (Å²) >= 11 is 6.66. The average molecular weight is 481 g/mol. The minimum atomic E-state index is -0.0799. The van der Waals surface area contributed by atoms with E-state index in [1.807, 2.05) is 5.12 Å². The lowest BCUT2D eigenvalue weighted by Crippen LogP contribution is -2.64. The van der Waals surface area contributed by atoms with Gasteiger partial charge in [0.1, 0.15) is 6.17 Å². The number of hydrazine groups is 2. The Kier molecular flexibility index (Phi) is 7.47. The van der Waals surface area contributed by atoms with Crippen LogP contribution in [0.2, 0.25) is 0 Å². The lowest BCUT2D eigenvalue weighted by molar-refractivity contribution is -0.133. The van der Waals surface area contributed by atoms with Crippen LogP contribution in [0.5, 0.6) is 0 Å². The first-order chi connectivity index (χ1) is 16.0. The van der Waals surface area contributed by atoms with Crippen LogP contribution < -0.4 is 26.8 Å². The lowest BCUT2D eigenvalue weighted by Gasteiger charge is -2.47. The van der Waals surface area contributed by atoms with Crippen molar-refractivity contribution in [1.82, 2.24) is 31.9 Å². The maximum atomic E-state index is 13.1. The molecule has 9 atom stereocenters. The van der Waals surface area contributed by atoms with Gasteiger partial charge >= 0.3 is 0 Å². The van der Waals surface area contributed by atoms with Gasteiger partial charge in [0.25, 0.3) is 0 Å². The molecule has 2 amide bonds. The Morgan fingerprint density at radius 3 is 2.58 bits per heavy atom. The predicted molar refractivity (Wildman–Crippen MR) is 128 cm³/mol. The number of carbonyl (C=O) groups excluding carboxylic acids is 2. The van der Waals surface area contributed by atoms with Gasteiger partial charge < -0.3 is 10.6 Å². The molecule has 0 spiro atoms. The monoisotopic (exact) mass is 480 g/mol. The van der Waals surface area contributed by atoms with E-state index < -0.39 is 0 Å². The summed E-state index contributed by atoms with van der Waals surface area (Å²) < 4.78 is 0. The second-order valence-corrected chi connectivity index (χ2v) is 11.7. The first-order valence-electron chi connectivity index (χ1n) is 13.2. The van der Waals surface area contributed by atoms with Crippen molar-refractivity contribution in [2.45, 2.75) is 75.9 Å². The number of nitrogens with one attached hydrogen (secondary N) is 5. The summed E-state index contributed by atoms with van der Waals surface area (Å²) in [5.74, 6) is 3.19. The van der Waals surface area contributed by atoms with Gasteiger partial charge in [-0.25, -0.2) is 10.9 Å². The predicted octanol–water partition coefficient (Wildman–Crippen LogP) is 1.33. The third-order valence-electron chi connectivity index (χ3n) is 9.13. The standard InChI is InChI=1S/C24H41ClN6O2/c1-14-11-15(5-6-17(14)18-3-2-4-20-19(18)7-8-26-24(20)33)23(32)30-16-12-21(25)22(27-13-16)31-28-9-10-29-31/h14-22,27-29H,2-13H2,1H3,(H,26,33)(H,30,32). The minimum absolute atomic E-state index is 0.0268. The van der Waals surface area contributed by atoms with Crippen molar-refractivity contribution in [3.63, 3.8) is 0 Å². The van der Waals surface area contributed by atoms with E-state index in [1.54, 1.807) is 0 Å².